The molecule has 0 saturated carbocycles. The third-order valence-electron chi connectivity index (χ3n) is 6.28. The van der Waals surface area contributed by atoms with Crippen molar-refractivity contribution in [2.75, 3.05) is 18.6 Å². The molecular weight excluding hydrogens is 500 g/mol. The van der Waals surface area contributed by atoms with E-state index in [0.717, 1.165) is 50.1 Å². The number of pyridine rings is 1. The van der Waals surface area contributed by atoms with E-state index in [9.17, 15) is 4.79 Å². The van der Waals surface area contributed by atoms with E-state index in [1.807, 2.05) is 72.8 Å². The van der Waals surface area contributed by atoms with Gasteiger partial charge in [-0.3, -0.25) is 14.7 Å². The largest absolute Gasteiger partial charge is 0.497 e. The van der Waals surface area contributed by atoms with Crippen molar-refractivity contribution in [3.63, 3.8) is 0 Å². The standard InChI is InChI=1S/C29H24N4O2S2/c1-3-32-24-17-22(35-2)12-14-25(24)36-28(32)26-27(34)33(18-19-8-5-4-6-9-19)29(37-26)31-21-11-13-23-20(16-21)10-7-15-30-23/h4-17H,3,18H2,1-2H3/b28-26-,31-29?. The summed E-state index contributed by atoms with van der Waals surface area (Å²) in [7, 11) is 1.67. The van der Waals surface area contributed by atoms with Crippen LogP contribution in [0.2, 0.25) is 0 Å². The maximum absolute atomic E-state index is 13.9. The number of benzene rings is 3. The number of amidine groups is 1. The molecule has 3 heterocycles. The van der Waals surface area contributed by atoms with E-state index in [-0.39, 0.29) is 5.91 Å². The second-order valence-corrected chi connectivity index (χ2v) is 10.6. The Labute approximate surface area is 224 Å². The lowest BCUT2D eigenvalue weighted by molar-refractivity contribution is -0.122. The number of aromatic nitrogens is 1. The van der Waals surface area contributed by atoms with E-state index in [1.54, 1.807) is 30.0 Å². The number of carbonyl (C=O) groups is 1. The molecule has 1 amide bonds. The highest BCUT2D eigenvalue weighted by atomic mass is 32.2. The number of nitrogens with zero attached hydrogens (tertiary/aromatic N) is 4. The number of hydrogen-bond acceptors (Lipinski definition) is 7. The van der Waals surface area contributed by atoms with Crippen molar-refractivity contribution in [2.24, 2.45) is 4.99 Å². The Morgan fingerprint density at radius 2 is 1.81 bits per heavy atom. The van der Waals surface area contributed by atoms with Crippen LogP contribution < -0.4 is 9.64 Å². The molecular formula is C29H24N4O2S2. The fraction of sp³-hybridized carbons (Fsp3) is 0.138. The van der Waals surface area contributed by atoms with Crippen LogP contribution in [-0.2, 0) is 11.3 Å². The molecule has 6 nitrogen and oxygen atoms in total. The van der Waals surface area contributed by atoms with E-state index in [1.165, 1.54) is 11.8 Å². The van der Waals surface area contributed by atoms with Crippen molar-refractivity contribution >= 4 is 56.9 Å². The predicted molar refractivity (Wildman–Crippen MR) is 152 cm³/mol. The third kappa shape index (κ3) is 4.47. The zero-order chi connectivity index (χ0) is 25.4. The van der Waals surface area contributed by atoms with E-state index >= 15 is 0 Å². The lowest BCUT2D eigenvalue weighted by atomic mass is 10.2. The molecule has 0 unspecified atom stereocenters. The summed E-state index contributed by atoms with van der Waals surface area (Å²) in [6.07, 6.45) is 1.78. The molecule has 1 saturated heterocycles. The van der Waals surface area contributed by atoms with Gasteiger partial charge in [-0.05, 0) is 60.6 Å². The maximum Gasteiger partial charge on any atom is 0.269 e. The number of fused-ring (bicyclic) bond motifs is 2. The number of thioether (sulfide) groups is 2. The van der Waals surface area contributed by atoms with Crippen molar-refractivity contribution in [1.82, 2.24) is 9.88 Å². The fourth-order valence-electron chi connectivity index (χ4n) is 4.44. The average molecular weight is 525 g/mol. The molecule has 0 aliphatic carbocycles. The molecule has 0 radical (unpaired) electrons. The molecule has 8 heteroatoms. The van der Waals surface area contributed by atoms with Crippen molar-refractivity contribution in [1.29, 1.82) is 0 Å². The minimum atomic E-state index is -0.0317. The van der Waals surface area contributed by atoms with Gasteiger partial charge in [0.25, 0.3) is 5.91 Å². The summed E-state index contributed by atoms with van der Waals surface area (Å²) in [6, 6.07) is 25.9. The van der Waals surface area contributed by atoms with Gasteiger partial charge in [-0.2, -0.15) is 0 Å². The zero-order valence-corrected chi connectivity index (χ0v) is 22.1. The topological polar surface area (TPSA) is 58.0 Å². The highest BCUT2D eigenvalue weighted by Gasteiger charge is 2.39. The highest BCUT2D eigenvalue weighted by molar-refractivity contribution is 8.19. The minimum Gasteiger partial charge on any atom is -0.497 e. The van der Waals surface area contributed by atoms with Gasteiger partial charge in [0.2, 0.25) is 0 Å². The second-order valence-electron chi connectivity index (χ2n) is 8.57. The van der Waals surface area contributed by atoms with Gasteiger partial charge in [-0.15, -0.1) is 0 Å². The van der Waals surface area contributed by atoms with Gasteiger partial charge < -0.3 is 9.64 Å². The first-order valence-corrected chi connectivity index (χ1v) is 13.6. The smallest absolute Gasteiger partial charge is 0.269 e. The van der Waals surface area contributed by atoms with Crippen molar-refractivity contribution < 1.29 is 9.53 Å². The molecule has 0 bridgehead atoms. The Balaban J connectivity index is 1.43. The summed E-state index contributed by atoms with van der Waals surface area (Å²) in [5.41, 5.74) is 3.82. The summed E-state index contributed by atoms with van der Waals surface area (Å²) >= 11 is 3.07. The van der Waals surface area contributed by atoms with Crippen molar-refractivity contribution in [2.45, 2.75) is 18.4 Å². The molecule has 184 valence electrons. The number of ether oxygens (including phenoxy) is 1. The molecule has 0 N–H and O–H groups in total. The minimum absolute atomic E-state index is 0.0317. The van der Waals surface area contributed by atoms with Gasteiger partial charge >= 0.3 is 0 Å². The molecule has 37 heavy (non-hydrogen) atoms. The normalized spacial score (nSPS) is 18.2. The van der Waals surface area contributed by atoms with Crippen LogP contribution in [0, 0.1) is 0 Å². The lowest BCUT2D eigenvalue weighted by Gasteiger charge is -2.19. The van der Waals surface area contributed by atoms with E-state index in [4.69, 9.17) is 9.73 Å². The van der Waals surface area contributed by atoms with Crippen LogP contribution in [0.3, 0.4) is 0 Å². The number of hydrogen-bond donors (Lipinski definition) is 0. The van der Waals surface area contributed by atoms with Crippen LogP contribution in [0.4, 0.5) is 11.4 Å². The van der Waals surface area contributed by atoms with Gasteiger partial charge in [-0.25, -0.2) is 4.99 Å². The summed E-state index contributed by atoms with van der Waals surface area (Å²) in [5.74, 6) is 0.768. The Morgan fingerprint density at radius 3 is 2.62 bits per heavy atom. The Hall–Kier alpha value is -3.75. The molecule has 6 rings (SSSR count). The van der Waals surface area contributed by atoms with Crippen LogP contribution in [0.15, 0.2) is 105 Å². The molecule has 1 fully saturated rings. The molecule has 3 aromatic carbocycles. The van der Waals surface area contributed by atoms with Crippen LogP contribution in [0.25, 0.3) is 10.9 Å². The van der Waals surface area contributed by atoms with Crippen molar-refractivity contribution in [3.05, 3.63) is 101 Å². The monoisotopic (exact) mass is 524 g/mol. The first-order chi connectivity index (χ1) is 18.1. The van der Waals surface area contributed by atoms with E-state index < -0.39 is 0 Å². The van der Waals surface area contributed by atoms with E-state index in [2.05, 4.69) is 22.9 Å². The van der Waals surface area contributed by atoms with Crippen molar-refractivity contribution in [3.8, 4) is 5.75 Å². The second kappa shape index (κ2) is 9.95. The molecule has 0 spiro atoms. The molecule has 2 aliphatic heterocycles. The third-order valence-corrected chi connectivity index (χ3v) is 8.66. The Kier molecular flexibility index (Phi) is 6.36. The molecule has 0 atom stereocenters. The maximum atomic E-state index is 13.9. The Morgan fingerprint density at radius 1 is 0.946 bits per heavy atom. The summed E-state index contributed by atoms with van der Waals surface area (Å²) in [4.78, 5) is 29.1. The lowest BCUT2D eigenvalue weighted by Crippen LogP contribution is -2.29. The summed E-state index contributed by atoms with van der Waals surface area (Å²) in [6.45, 7) is 3.29. The van der Waals surface area contributed by atoms with Crippen LogP contribution >= 0.6 is 23.5 Å². The number of anilines is 1. The van der Waals surface area contributed by atoms with Gasteiger partial charge in [-0.1, -0.05) is 48.2 Å². The average Bonchev–Trinajstić information content (AvgIpc) is 3.45. The number of rotatable bonds is 5. The number of carbonyl (C=O) groups excluding carboxylic acids is 1. The van der Waals surface area contributed by atoms with Gasteiger partial charge in [0.1, 0.15) is 15.7 Å². The quantitative estimate of drug-likeness (QED) is 0.267. The predicted octanol–water partition coefficient (Wildman–Crippen LogP) is 6.81. The Bertz CT molecular complexity index is 1570. The number of amides is 1. The first kappa shape index (κ1) is 23.6. The highest BCUT2D eigenvalue weighted by Crippen LogP contribution is 2.51. The number of methoxy groups -OCH3 is 1. The molecule has 1 aromatic heterocycles. The van der Waals surface area contributed by atoms with Crippen LogP contribution in [-0.4, -0.2) is 34.6 Å². The zero-order valence-electron chi connectivity index (χ0n) is 20.4. The fourth-order valence-corrected chi connectivity index (χ4v) is 6.81. The van der Waals surface area contributed by atoms with E-state index in [0.29, 0.717) is 16.6 Å². The van der Waals surface area contributed by atoms with Crippen LogP contribution in [0.1, 0.15) is 12.5 Å². The SMILES string of the molecule is CCN1/C(=C2/SC(=Nc3ccc4ncccc4c3)N(Cc3ccccc3)C2=O)Sc2ccc(OC)cc21. The first-order valence-electron chi connectivity index (χ1n) is 12.0. The van der Waals surface area contributed by atoms with Crippen LogP contribution in [0.5, 0.6) is 5.75 Å². The number of aliphatic imine (C=N–C) groups is 1. The van der Waals surface area contributed by atoms with Gasteiger partial charge in [0, 0.05) is 29.1 Å². The summed E-state index contributed by atoms with van der Waals surface area (Å²) in [5, 5.41) is 2.62. The molecule has 2 aliphatic rings. The van der Waals surface area contributed by atoms with Gasteiger partial charge in [0.15, 0.2) is 5.17 Å². The summed E-state index contributed by atoms with van der Waals surface area (Å²) < 4.78 is 5.46. The molecule has 4 aromatic rings. The van der Waals surface area contributed by atoms with Gasteiger partial charge in [0.05, 0.1) is 30.5 Å².